The Kier molecular flexibility index (Phi) is 5.18. The summed E-state index contributed by atoms with van der Waals surface area (Å²) in [5.74, 6) is -0.0374. The van der Waals surface area contributed by atoms with Crippen LogP contribution in [0.5, 0.6) is 0 Å². The molecule has 1 amide bonds. The average molecular weight is 386 g/mol. The molecule has 0 fully saturated rings. The normalized spacial score (nSPS) is 10.7. The summed E-state index contributed by atoms with van der Waals surface area (Å²) in [6.45, 7) is 0. The lowest BCUT2D eigenvalue weighted by molar-refractivity contribution is -0.116. The number of aryl methyl sites for hydroxylation is 1. The predicted molar refractivity (Wildman–Crippen MR) is 111 cm³/mol. The van der Waals surface area contributed by atoms with Gasteiger partial charge in [-0.25, -0.2) is 4.98 Å². The van der Waals surface area contributed by atoms with Gasteiger partial charge in [0.2, 0.25) is 5.91 Å². The lowest BCUT2D eigenvalue weighted by Crippen LogP contribution is -2.11. The van der Waals surface area contributed by atoms with Crippen molar-refractivity contribution < 1.29 is 4.79 Å². The number of nitriles is 1. The molecule has 138 valence electrons. The number of H-pyrrole nitrogens is 1. The lowest BCUT2D eigenvalue weighted by atomic mass is 10.1. The smallest absolute Gasteiger partial charge is 0.226 e. The predicted octanol–water partition coefficient (Wildman–Crippen LogP) is 4.66. The molecule has 2 aromatic heterocycles. The van der Waals surface area contributed by atoms with E-state index in [1.807, 2.05) is 48.7 Å². The maximum Gasteiger partial charge on any atom is 0.226 e. The number of fused-ring (bicyclic) bond motifs is 1. The second kappa shape index (κ2) is 8.07. The molecule has 2 aromatic carbocycles. The van der Waals surface area contributed by atoms with Crippen molar-refractivity contribution in [1.82, 2.24) is 9.97 Å². The number of benzene rings is 2. The first-order valence-electron chi connectivity index (χ1n) is 9.00. The fourth-order valence-corrected chi connectivity index (χ4v) is 3.98. The molecule has 0 aliphatic rings. The molecule has 2 heterocycles. The van der Waals surface area contributed by atoms with Gasteiger partial charge in [0, 0.05) is 41.0 Å². The van der Waals surface area contributed by atoms with Gasteiger partial charge in [-0.2, -0.15) is 5.26 Å². The summed E-state index contributed by atoms with van der Waals surface area (Å²) < 4.78 is 0. The van der Waals surface area contributed by atoms with Gasteiger partial charge < -0.3 is 10.3 Å². The molecule has 28 heavy (non-hydrogen) atoms. The van der Waals surface area contributed by atoms with Gasteiger partial charge in [-0.05, 0) is 35.7 Å². The van der Waals surface area contributed by atoms with Crippen LogP contribution >= 0.6 is 11.3 Å². The highest BCUT2D eigenvalue weighted by atomic mass is 32.1. The Hall–Kier alpha value is -3.43. The minimum atomic E-state index is -0.0374. The number of aromatic nitrogens is 2. The van der Waals surface area contributed by atoms with E-state index in [0.29, 0.717) is 23.5 Å². The molecule has 0 aliphatic heterocycles. The van der Waals surface area contributed by atoms with E-state index in [1.54, 1.807) is 6.20 Å². The monoisotopic (exact) mass is 386 g/mol. The third kappa shape index (κ3) is 4.11. The van der Waals surface area contributed by atoms with Crippen molar-refractivity contribution in [1.29, 1.82) is 5.26 Å². The molecule has 4 aromatic rings. The molecule has 6 heteroatoms. The van der Waals surface area contributed by atoms with Crippen molar-refractivity contribution in [3.63, 3.8) is 0 Å². The second-order valence-corrected chi connectivity index (χ2v) is 7.64. The maximum absolute atomic E-state index is 12.3. The summed E-state index contributed by atoms with van der Waals surface area (Å²) in [7, 11) is 0. The number of anilines is 1. The van der Waals surface area contributed by atoms with E-state index in [1.165, 1.54) is 11.3 Å². The molecule has 0 radical (unpaired) electrons. The van der Waals surface area contributed by atoms with Gasteiger partial charge in [-0.1, -0.05) is 30.3 Å². The van der Waals surface area contributed by atoms with Crippen molar-refractivity contribution >= 4 is 33.3 Å². The largest absolute Gasteiger partial charge is 0.361 e. The highest BCUT2D eigenvalue weighted by molar-refractivity contribution is 7.15. The van der Waals surface area contributed by atoms with Crippen LogP contribution in [0, 0.1) is 11.3 Å². The second-order valence-electron chi connectivity index (χ2n) is 6.52. The van der Waals surface area contributed by atoms with Gasteiger partial charge in [0.15, 0.2) is 5.13 Å². The zero-order valence-corrected chi connectivity index (χ0v) is 15.9. The number of amides is 1. The third-order valence-electron chi connectivity index (χ3n) is 4.56. The van der Waals surface area contributed by atoms with Crippen molar-refractivity contribution in [2.75, 3.05) is 5.32 Å². The van der Waals surface area contributed by atoms with Crippen LogP contribution in [0.15, 0.2) is 60.9 Å². The number of rotatable bonds is 6. The third-order valence-corrected chi connectivity index (χ3v) is 5.47. The van der Waals surface area contributed by atoms with Crippen LogP contribution in [0.4, 0.5) is 5.13 Å². The Bertz CT molecular complexity index is 1150. The highest BCUT2D eigenvalue weighted by Crippen LogP contribution is 2.22. The summed E-state index contributed by atoms with van der Waals surface area (Å²) in [4.78, 5) is 20.9. The number of hydrogen-bond acceptors (Lipinski definition) is 4. The van der Waals surface area contributed by atoms with Gasteiger partial charge in [0.05, 0.1) is 11.6 Å². The first-order chi connectivity index (χ1) is 13.7. The van der Waals surface area contributed by atoms with E-state index < -0.39 is 0 Å². The first kappa shape index (κ1) is 18.0. The van der Waals surface area contributed by atoms with Crippen LogP contribution in [0.2, 0.25) is 0 Å². The first-order valence-corrected chi connectivity index (χ1v) is 9.81. The Balaban J connectivity index is 1.33. The minimum Gasteiger partial charge on any atom is -0.361 e. The highest BCUT2D eigenvalue weighted by Gasteiger charge is 2.10. The van der Waals surface area contributed by atoms with Gasteiger partial charge in [0.1, 0.15) is 0 Å². The zero-order chi connectivity index (χ0) is 19.3. The molecule has 0 aliphatic carbocycles. The molecule has 0 bridgehead atoms. The number of para-hydroxylation sites is 1. The summed E-state index contributed by atoms with van der Waals surface area (Å²) >= 11 is 1.48. The van der Waals surface area contributed by atoms with E-state index in [2.05, 4.69) is 27.4 Å². The number of hydrogen-bond donors (Lipinski definition) is 2. The molecule has 2 N–H and O–H groups in total. The topological polar surface area (TPSA) is 81.6 Å². The van der Waals surface area contributed by atoms with Gasteiger partial charge in [-0.15, -0.1) is 11.3 Å². The van der Waals surface area contributed by atoms with Gasteiger partial charge >= 0.3 is 0 Å². The van der Waals surface area contributed by atoms with Crippen LogP contribution in [0.3, 0.4) is 0 Å². The van der Waals surface area contributed by atoms with Gasteiger partial charge in [-0.3, -0.25) is 4.79 Å². The van der Waals surface area contributed by atoms with Crippen LogP contribution in [0.1, 0.15) is 28.0 Å². The average Bonchev–Trinajstić information content (AvgIpc) is 3.34. The number of carbonyl (C=O) groups is 1. The zero-order valence-electron chi connectivity index (χ0n) is 15.1. The maximum atomic E-state index is 12.3. The Morgan fingerprint density at radius 1 is 1.18 bits per heavy atom. The molecule has 5 nitrogen and oxygen atoms in total. The quantitative estimate of drug-likeness (QED) is 0.506. The van der Waals surface area contributed by atoms with Crippen molar-refractivity contribution in [3.05, 3.63) is 82.5 Å². The van der Waals surface area contributed by atoms with Crippen LogP contribution < -0.4 is 5.32 Å². The van der Waals surface area contributed by atoms with Gasteiger partial charge in [0.25, 0.3) is 0 Å². The van der Waals surface area contributed by atoms with Crippen molar-refractivity contribution in [2.45, 2.75) is 19.3 Å². The standard InChI is InChI=1S/C22H18N4OS/c23-12-16-7-5-15(6-8-16)11-18-14-25-22(28-18)26-21(27)10-9-17-13-24-20-4-2-1-3-19(17)20/h1-8,13-14,24H,9-11H2,(H,25,26,27). The van der Waals surface area contributed by atoms with Crippen LogP contribution in [-0.4, -0.2) is 15.9 Å². The summed E-state index contributed by atoms with van der Waals surface area (Å²) in [6, 6.07) is 17.7. The van der Waals surface area contributed by atoms with E-state index in [0.717, 1.165) is 33.3 Å². The minimum absolute atomic E-state index is 0.0374. The Morgan fingerprint density at radius 2 is 2.00 bits per heavy atom. The Labute approximate surface area is 166 Å². The fourth-order valence-electron chi connectivity index (χ4n) is 3.11. The number of nitrogens with zero attached hydrogens (tertiary/aromatic N) is 2. The van der Waals surface area contributed by atoms with E-state index in [9.17, 15) is 4.79 Å². The Morgan fingerprint density at radius 3 is 2.82 bits per heavy atom. The molecule has 0 unspecified atom stereocenters. The van der Waals surface area contributed by atoms with E-state index in [-0.39, 0.29) is 5.91 Å². The number of aromatic amines is 1. The van der Waals surface area contributed by atoms with E-state index in [4.69, 9.17) is 5.26 Å². The van der Waals surface area contributed by atoms with Crippen molar-refractivity contribution in [2.24, 2.45) is 0 Å². The number of nitrogens with one attached hydrogen (secondary N) is 2. The SMILES string of the molecule is N#Cc1ccc(Cc2cnc(NC(=O)CCc3c[nH]c4ccccc34)s2)cc1. The number of thiazole rings is 1. The molecule has 0 saturated heterocycles. The molecule has 4 rings (SSSR count). The summed E-state index contributed by atoms with van der Waals surface area (Å²) in [5.41, 5.74) is 3.99. The lowest BCUT2D eigenvalue weighted by Gasteiger charge is -2.01. The molecule has 0 atom stereocenters. The molecular formula is C22H18N4OS. The fraction of sp³-hybridized carbons (Fsp3) is 0.136. The number of carbonyl (C=O) groups excluding carboxylic acids is 1. The van der Waals surface area contributed by atoms with Crippen LogP contribution in [-0.2, 0) is 17.6 Å². The summed E-state index contributed by atoms with van der Waals surface area (Å²) in [5, 5.41) is 13.5. The van der Waals surface area contributed by atoms with Crippen molar-refractivity contribution in [3.8, 4) is 6.07 Å². The molecular weight excluding hydrogens is 368 g/mol. The molecule has 0 saturated carbocycles. The van der Waals surface area contributed by atoms with E-state index >= 15 is 0 Å². The molecule has 0 spiro atoms. The van der Waals surface area contributed by atoms with Crippen LogP contribution in [0.25, 0.3) is 10.9 Å². The summed E-state index contributed by atoms with van der Waals surface area (Å²) in [6.07, 6.45) is 5.58.